The van der Waals surface area contributed by atoms with Crippen molar-refractivity contribution < 1.29 is 5.21 Å². The zero-order chi connectivity index (χ0) is 16.8. The molecule has 7 heteroatoms. The SMILES string of the molecule is O=c1c2ccc(Cl)cc2n(O)c2c(=O)n(-c3ccccc3)ncc12. The van der Waals surface area contributed by atoms with Crippen LogP contribution in [0.25, 0.3) is 27.5 Å². The van der Waals surface area contributed by atoms with Crippen molar-refractivity contribution in [3.05, 3.63) is 80.3 Å². The maximum atomic E-state index is 12.8. The third-order valence-corrected chi connectivity index (χ3v) is 4.08. The third-order valence-electron chi connectivity index (χ3n) is 3.84. The molecule has 6 nitrogen and oxygen atoms in total. The Morgan fingerprint density at radius 3 is 2.50 bits per heavy atom. The van der Waals surface area contributed by atoms with Gasteiger partial charge < -0.3 is 5.21 Å². The first-order valence-electron chi connectivity index (χ1n) is 7.09. The minimum atomic E-state index is -0.597. The van der Waals surface area contributed by atoms with Crippen molar-refractivity contribution in [1.82, 2.24) is 14.5 Å². The average Bonchev–Trinajstić information content (AvgIpc) is 2.60. The van der Waals surface area contributed by atoms with Gasteiger partial charge in [-0.2, -0.15) is 14.5 Å². The van der Waals surface area contributed by atoms with Gasteiger partial charge in [0.25, 0.3) is 5.56 Å². The molecule has 4 rings (SSSR count). The number of para-hydroxylation sites is 1. The van der Waals surface area contributed by atoms with Crippen LogP contribution >= 0.6 is 11.6 Å². The molecule has 0 saturated carbocycles. The lowest BCUT2D eigenvalue weighted by Crippen LogP contribution is -2.26. The summed E-state index contributed by atoms with van der Waals surface area (Å²) in [7, 11) is 0. The minimum absolute atomic E-state index is 0.0458. The predicted molar refractivity (Wildman–Crippen MR) is 91.3 cm³/mol. The molecule has 0 atom stereocenters. The van der Waals surface area contributed by atoms with E-state index in [1.165, 1.54) is 18.3 Å². The number of hydrogen-bond acceptors (Lipinski definition) is 4. The van der Waals surface area contributed by atoms with Crippen LogP contribution in [-0.4, -0.2) is 19.7 Å². The molecular weight excluding hydrogens is 330 g/mol. The van der Waals surface area contributed by atoms with Crippen LogP contribution in [0.2, 0.25) is 5.02 Å². The van der Waals surface area contributed by atoms with Crippen LogP contribution in [-0.2, 0) is 0 Å². The van der Waals surface area contributed by atoms with Gasteiger partial charge in [-0.25, -0.2) is 0 Å². The van der Waals surface area contributed by atoms with E-state index in [1.807, 2.05) is 6.07 Å². The summed E-state index contributed by atoms with van der Waals surface area (Å²) in [5, 5.41) is 15.2. The lowest BCUT2D eigenvalue weighted by Gasteiger charge is -2.10. The summed E-state index contributed by atoms with van der Waals surface area (Å²) in [6.45, 7) is 0. The van der Waals surface area contributed by atoms with E-state index in [-0.39, 0.29) is 27.2 Å². The predicted octanol–water partition coefficient (Wildman–Crippen LogP) is 2.59. The second-order valence-corrected chi connectivity index (χ2v) is 5.70. The molecular formula is C17H10ClN3O3. The largest absolute Gasteiger partial charge is 0.428 e. The molecule has 0 aliphatic heterocycles. The quantitative estimate of drug-likeness (QED) is 0.427. The van der Waals surface area contributed by atoms with Crippen molar-refractivity contribution in [3.63, 3.8) is 0 Å². The molecule has 0 aliphatic rings. The topological polar surface area (TPSA) is 77.1 Å². The van der Waals surface area contributed by atoms with Crippen LogP contribution < -0.4 is 11.0 Å². The molecule has 24 heavy (non-hydrogen) atoms. The lowest BCUT2D eigenvalue weighted by molar-refractivity contribution is 0.210. The molecule has 0 fully saturated rings. The van der Waals surface area contributed by atoms with E-state index in [1.54, 1.807) is 30.3 Å². The third kappa shape index (κ3) is 2.00. The summed E-state index contributed by atoms with van der Waals surface area (Å²) in [4.78, 5) is 25.4. The van der Waals surface area contributed by atoms with E-state index in [2.05, 4.69) is 5.10 Å². The maximum Gasteiger partial charge on any atom is 0.299 e. The van der Waals surface area contributed by atoms with Crippen LogP contribution in [0.15, 0.2) is 64.3 Å². The van der Waals surface area contributed by atoms with Gasteiger partial charge >= 0.3 is 0 Å². The number of hydrogen-bond donors (Lipinski definition) is 1. The van der Waals surface area contributed by atoms with Crippen molar-refractivity contribution in [3.8, 4) is 5.69 Å². The van der Waals surface area contributed by atoms with E-state index in [0.717, 1.165) is 4.68 Å². The monoisotopic (exact) mass is 339 g/mol. The summed E-state index contributed by atoms with van der Waals surface area (Å²) in [6.07, 6.45) is 1.28. The molecule has 0 bridgehead atoms. The van der Waals surface area contributed by atoms with Gasteiger partial charge in [0.05, 0.1) is 22.8 Å². The second-order valence-electron chi connectivity index (χ2n) is 5.26. The number of aromatic nitrogens is 3. The lowest BCUT2D eigenvalue weighted by atomic mass is 10.1. The number of pyridine rings is 1. The Labute approximate surface area is 139 Å². The summed E-state index contributed by atoms with van der Waals surface area (Å²) in [5.74, 6) is 0. The Hall–Kier alpha value is -3.12. The van der Waals surface area contributed by atoms with Crippen molar-refractivity contribution >= 4 is 33.4 Å². The van der Waals surface area contributed by atoms with Gasteiger partial charge in [0.1, 0.15) is 0 Å². The van der Waals surface area contributed by atoms with Crippen LogP contribution in [0, 0.1) is 0 Å². The Bertz CT molecular complexity index is 1210. The molecule has 0 radical (unpaired) electrons. The summed E-state index contributed by atoms with van der Waals surface area (Å²) < 4.78 is 1.83. The van der Waals surface area contributed by atoms with Crippen LogP contribution in [0.3, 0.4) is 0 Å². The first-order chi connectivity index (χ1) is 11.6. The highest BCUT2D eigenvalue weighted by Crippen LogP contribution is 2.19. The minimum Gasteiger partial charge on any atom is -0.428 e. The highest BCUT2D eigenvalue weighted by Gasteiger charge is 2.16. The molecule has 0 spiro atoms. The maximum absolute atomic E-state index is 12.8. The number of halogens is 1. The molecule has 0 amide bonds. The average molecular weight is 340 g/mol. The fraction of sp³-hybridized carbons (Fsp3) is 0. The number of nitrogens with zero attached hydrogens (tertiary/aromatic N) is 3. The van der Waals surface area contributed by atoms with Crippen LogP contribution in [0.5, 0.6) is 0 Å². The zero-order valence-electron chi connectivity index (χ0n) is 12.2. The van der Waals surface area contributed by atoms with Gasteiger partial charge in [0, 0.05) is 10.4 Å². The highest BCUT2D eigenvalue weighted by atomic mass is 35.5. The van der Waals surface area contributed by atoms with Crippen molar-refractivity contribution in [2.45, 2.75) is 0 Å². The van der Waals surface area contributed by atoms with Gasteiger partial charge in [-0.15, -0.1) is 0 Å². The molecule has 2 aromatic carbocycles. The number of fused-ring (bicyclic) bond motifs is 2. The van der Waals surface area contributed by atoms with Gasteiger partial charge in [0.2, 0.25) is 0 Å². The summed E-state index contributed by atoms with van der Waals surface area (Å²) >= 11 is 5.94. The first-order valence-corrected chi connectivity index (χ1v) is 7.47. The van der Waals surface area contributed by atoms with E-state index in [0.29, 0.717) is 15.4 Å². The fourth-order valence-electron chi connectivity index (χ4n) is 2.71. The Morgan fingerprint density at radius 2 is 1.75 bits per heavy atom. The normalized spacial score (nSPS) is 11.2. The number of benzene rings is 2. The smallest absolute Gasteiger partial charge is 0.299 e. The van der Waals surface area contributed by atoms with Gasteiger partial charge in [-0.05, 0) is 30.3 Å². The standard InChI is InChI=1S/C17H10ClN3O3/c18-10-6-7-12-14(8-10)21(24)15-13(16(12)22)9-19-20(17(15)23)11-4-2-1-3-5-11/h1-9,24H. The van der Waals surface area contributed by atoms with Crippen LogP contribution in [0.4, 0.5) is 0 Å². The second kappa shape index (κ2) is 5.21. The van der Waals surface area contributed by atoms with E-state index in [4.69, 9.17) is 11.6 Å². The van der Waals surface area contributed by atoms with Crippen molar-refractivity contribution in [2.24, 2.45) is 0 Å². The van der Waals surface area contributed by atoms with E-state index < -0.39 is 5.56 Å². The van der Waals surface area contributed by atoms with Crippen molar-refractivity contribution in [1.29, 1.82) is 0 Å². The summed E-state index contributed by atoms with van der Waals surface area (Å²) in [5.41, 5.74) is -0.425. The molecule has 118 valence electrons. The van der Waals surface area contributed by atoms with E-state index >= 15 is 0 Å². The van der Waals surface area contributed by atoms with Gasteiger partial charge in [0.15, 0.2) is 10.9 Å². The fourth-order valence-corrected chi connectivity index (χ4v) is 2.87. The van der Waals surface area contributed by atoms with Crippen LogP contribution in [0.1, 0.15) is 0 Å². The molecule has 0 saturated heterocycles. The van der Waals surface area contributed by atoms with Crippen molar-refractivity contribution in [2.75, 3.05) is 0 Å². The molecule has 1 N–H and O–H groups in total. The summed E-state index contributed by atoms with van der Waals surface area (Å²) in [6, 6.07) is 13.2. The van der Waals surface area contributed by atoms with Gasteiger partial charge in [-0.1, -0.05) is 29.8 Å². The van der Waals surface area contributed by atoms with Gasteiger partial charge in [-0.3, -0.25) is 9.59 Å². The molecule has 0 unspecified atom stereocenters. The molecule has 2 aromatic heterocycles. The molecule has 4 aromatic rings. The van der Waals surface area contributed by atoms with E-state index in [9.17, 15) is 14.8 Å². The first kappa shape index (κ1) is 14.5. The Morgan fingerprint density at radius 1 is 1.00 bits per heavy atom. The number of rotatable bonds is 1. The zero-order valence-corrected chi connectivity index (χ0v) is 12.9. The molecule has 2 heterocycles. The Kier molecular flexibility index (Phi) is 3.14. The Balaban J connectivity index is 2.20. The molecule has 0 aliphatic carbocycles. The highest BCUT2D eigenvalue weighted by molar-refractivity contribution is 6.31.